The molecular weight excluding hydrogens is 288 g/mol. The lowest BCUT2D eigenvalue weighted by atomic mass is 9.94. The third-order valence-electron chi connectivity index (χ3n) is 4.06. The van der Waals surface area contributed by atoms with E-state index in [4.69, 9.17) is 0 Å². The van der Waals surface area contributed by atoms with E-state index in [9.17, 15) is 13.2 Å². The van der Waals surface area contributed by atoms with Crippen molar-refractivity contribution < 1.29 is 13.2 Å². The Morgan fingerprint density at radius 2 is 2.05 bits per heavy atom. The fourth-order valence-corrected chi connectivity index (χ4v) is 2.61. The molecule has 5 nitrogen and oxygen atoms in total. The Morgan fingerprint density at radius 1 is 1.38 bits per heavy atom. The first kappa shape index (κ1) is 16.0. The van der Waals surface area contributed by atoms with Crippen molar-refractivity contribution in [1.29, 1.82) is 0 Å². The Morgan fingerprint density at radius 3 is 2.71 bits per heavy atom. The Bertz CT molecular complexity index is 638. The van der Waals surface area contributed by atoms with Gasteiger partial charge in [-0.2, -0.15) is 0 Å². The van der Waals surface area contributed by atoms with Crippen molar-refractivity contribution in [3.05, 3.63) is 35.4 Å². The van der Waals surface area contributed by atoms with Crippen molar-refractivity contribution in [2.75, 3.05) is 19.3 Å². The number of nitrogens with one attached hydrogen (secondary N) is 2. The van der Waals surface area contributed by atoms with Gasteiger partial charge in [-0.05, 0) is 31.4 Å². The molecule has 1 heterocycles. The highest BCUT2D eigenvalue weighted by molar-refractivity contribution is 7.92. The zero-order chi connectivity index (χ0) is 15.7. The molecule has 1 aromatic carbocycles. The van der Waals surface area contributed by atoms with E-state index >= 15 is 0 Å². The minimum absolute atomic E-state index is 0.102. The molecule has 21 heavy (non-hydrogen) atoms. The minimum atomic E-state index is -3.22. The van der Waals surface area contributed by atoms with Crippen LogP contribution in [0.4, 0.5) is 0 Å². The lowest BCUT2D eigenvalue weighted by Gasteiger charge is -2.28. The number of amides is 1. The Labute approximate surface area is 126 Å². The standard InChI is InChI=1S/C15H22N2O3S/c1-15(2,21(3,19)20)10-17-14(18)13-12-7-5-4-6-11(12)8-9-16-13/h4-7,13,16H,8-10H2,1-3H3,(H,17,18). The summed E-state index contributed by atoms with van der Waals surface area (Å²) >= 11 is 0. The van der Waals surface area contributed by atoms with Crippen LogP contribution in [0.2, 0.25) is 0 Å². The van der Waals surface area contributed by atoms with Gasteiger partial charge in [0.15, 0.2) is 9.84 Å². The van der Waals surface area contributed by atoms with Crippen molar-refractivity contribution in [1.82, 2.24) is 10.6 Å². The topological polar surface area (TPSA) is 75.3 Å². The predicted molar refractivity (Wildman–Crippen MR) is 82.8 cm³/mol. The Hall–Kier alpha value is -1.40. The van der Waals surface area contributed by atoms with E-state index < -0.39 is 20.6 Å². The second kappa shape index (κ2) is 5.77. The summed E-state index contributed by atoms with van der Waals surface area (Å²) in [6.45, 7) is 4.07. The van der Waals surface area contributed by atoms with Gasteiger partial charge >= 0.3 is 0 Å². The van der Waals surface area contributed by atoms with E-state index in [1.807, 2.05) is 24.3 Å². The maximum absolute atomic E-state index is 12.4. The first-order valence-electron chi connectivity index (χ1n) is 7.01. The van der Waals surface area contributed by atoms with Gasteiger partial charge < -0.3 is 10.6 Å². The molecule has 0 aromatic heterocycles. The summed E-state index contributed by atoms with van der Waals surface area (Å²) in [5, 5.41) is 5.95. The number of hydrogen-bond donors (Lipinski definition) is 2. The number of carbonyl (C=O) groups excluding carboxylic acids is 1. The van der Waals surface area contributed by atoms with Crippen molar-refractivity contribution >= 4 is 15.7 Å². The van der Waals surface area contributed by atoms with Crippen molar-refractivity contribution in [2.45, 2.75) is 31.1 Å². The molecule has 0 spiro atoms. The molecule has 0 saturated heterocycles. The van der Waals surface area contributed by atoms with Crippen LogP contribution in [-0.2, 0) is 21.1 Å². The normalized spacial score (nSPS) is 18.9. The summed E-state index contributed by atoms with van der Waals surface area (Å²) in [7, 11) is -3.22. The lowest BCUT2D eigenvalue weighted by molar-refractivity contribution is -0.123. The summed E-state index contributed by atoms with van der Waals surface area (Å²) in [4.78, 5) is 12.4. The fourth-order valence-electron chi connectivity index (χ4n) is 2.27. The van der Waals surface area contributed by atoms with Gasteiger partial charge in [0.05, 0.1) is 4.75 Å². The van der Waals surface area contributed by atoms with Crippen LogP contribution in [-0.4, -0.2) is 38.4 Å². The zero-order valence-electron chi connectivity index (χ0n) is 12.6. The second-order valence-corrected chi connectivity index (χ2v) is 8.74. The van der Waals surface area contributed by atoms with Crippen LogP contribution >= 0.6 is 0 Å². The summed E-state index contributed by atoms with van der Waals surface area (Å²) in [6, 6.07) is 7.42. The molecule has 2 rings (SSSR count). The van der Waals surface area contributed by atoms with Gasteiger partial charge in [-0.15, -0.1) is 0 Å². The van der Waals surface area contributed by atoms with Crippen LogP contribution < -0.4 is 10.6 Å². The van der Waals surface area contributed by atoms with Gasteiger partial charge in [-0.3, -0.25) is 4.79 Å². The third kappa shape index (κ3) is 3.44. The number of carbonyl (C=O) groups is 1. The fraction of sp³-hybridized carbons (Fsp3) is 0.533. The van der Waals surface area contributed by atoms with E-state index in [2.05, 4.69) is 10.6 Å². The summed E-state index contributed by atoms with van der Waals surface area (Å²) in [6.07, 6.45) is 2.09. The molecule has 1 aromatic rings. The average molecular weight is 310 g/mol. The molecule has 116 valence electrons. The summed E-state index contributed by atoms with van der Waals surface area (Å²) in [5.41, 5.74) is 2.14. The minimum Gasteiger partial charge on any atom is -0.353 e. The molecule has 1 atom stereocenters. The Balaban J connectivity index is 2.09. The molecule has 2 N–H and O–H groups in total. The van der Waals surface area contributed by atoms with E-state index in [1.165, 1.54) is 11.8 Å². The van der Waals surface area contributed by atoms with Gasteiger partial charge in [0.2, 0.25) is 5.91 Å². The first-order chi connectivity index (χ1) is 9.72. The molecule has 0 aliphatic carbocycles. The number of sulfone groups is 1. The maximum atomic E-state index is 12.4. The lowest BCUT2D eigenvalue weighted by Crippen LogP contribution is -2.48. The van der Waals surface area contributed by atoms with Crippen LogP contribution in [0, 0.1) is 0 Å². The second-order valence-electron chi connectivity index (χ2n) is 6.09. The number of rotatable bonds is 4. The third-order valence-corrected chi connectivity index (χ3v) is 6.22. The van der Waals surface area contributed by atoms with Gasteiger partial charge in [0, 0.05) is 19.3 Å². The van der Waals surface area contributed by atoms with Crippen LogP contribution in [0.25, 0.3) is 0 Å². The molecular formula is C15H22N2O3S. The van der Waals surface area contributed by atoms with Crippen LogP contribution in [0.3, 0.4) is 0 Å². The molecule has 1 aliphatic heterocycles. The molecule has 6 heteroatoms. The van der Waals surface area contributed by atoms with Gasteiger partial charge in [-0.1, -0.05) is 24.3 Å². The van der Waals surface area contributed by atoms with Gasteiger partial charge in [0.25, 0.3) is 0 Å². The van der Waals surface area contributed by atoms with Gasteiger partial charge in [0.1, 0.15) is 6.04 Å². The smallest absolute Gasteiger partial charge is 0.241 e. The number of fused-ring (bicyclic) bond motifs is 1. The van der Waals surface area contributed by atoms with E-state index in [-0.39, 0.29) is 12.5 Å². The quantitative estimate of drug-likeness (QED) is 0.863. The van der Waals surface area contributed by atoms with E-state index in [1.54, 1.807) is 13.8 Å². The number of benzene rings is 1. The molecule has 0 bridgehead atoms. The summed E-state index contributed by atoms with van der Waals surface area (Å²) < 4.78 is 22.4. The zero-order valence-corrected chi connectivity index (χ0v) is 13.5. The molecule has 0 radical (unpaired) electrons. The largest absolute Gasteiger partial charge is 0.353 e. The predicted octanol–water partition coefficient (Wildman–Crippen LogP) is 0.813. The number of hydrogen-bond acceptors (Lipinski definition) is 4. The molecule has 1 aliphatic rings. The molecule has 0 saturated carbocycles. The average Bonchev–Trinajstić information content (AvgIpc) is 2.43. The highest BCUT2D eigenvalue weighted by Crippen LogP contribution is 2.23. The first-order valence-corrected chi connectivity index (χ1v) is 8.90. The van der Waals surface area contributed by atoms with Crippen molar-refractivity contribution in [3.8, 4) is 0 Å². The SMILES string of the molecule is CC(C)(CNC(=O)C1NCCc2ccccc21)S(C)(=O)=O. The summed E-state index contributed by atoms with van der Waals surface area (Å²) in [5.74, 6) is -0.182. The van der Waals surface area contributed by atoms with Crippen molar-refractivity contribution in [3.63, 3.8) is 0 Å². The van der Waals surface area contributed by atoms with Crippen LogP contribution in [0.1, 0.15) is 31.0 Å². The van der Waals surface area contributed by atoms with E-state index in [0.717, 1.165) is 18.5 Å². The van der Waals surface area contributed by atoms with Crippen LogP contribution in [0.15, 0.2) is 24.3 Å². The highest BCUT2D eigenvalue weighted by atomic mass is 32.2. The Kier molecular flexibility index (Phi) is 4.39. The maximum Gasteiger partial charge on any atom is 0.241 e. The molecule has 0 fully saturated rings. The molecule has 1 unspecified atom stereocenters. The van der Waals surface area contributed by atoms with Crippen molar-refractivity contribution in [2.24, 2.45) is 0 Å². The van der Waals surface area contributed by atoms with Gasteiger partial charge in [-0.25, -0.2) is 8.42 Å². The monoisotopic (exact) mass is 310 g/mol. The van der Waals surface area contributed by atoms with E-state index in [0.29, 0.717) is 0 Å². The molecule has 1 amide bonds. The highest BCUT2D eigenvalue weighted by Gasteiger charge is 2.32. The van der Waals surface area contributed by atoms with Crippen LogP contribution in [0.5, 0.6) is 0 Å².